The predicted octanol–water partition coefficient (Wildman–Crippen LogP) is 2.73. The molecule has 0 unspecified atom stereocenters. The van der Waals surface area contributed by atoms with Gasteiger partial charge in [-0.2, -0.15) is 0 Å². The van der Waals surface area contributed by atoms with E-state index in [4.69, 9.17) is 0 Å². The molecular weight excluding hydrogens is 306 g/mol. The molecule has 112 valence electrons. The van der Waals surface area contributed by atoms with Crippen LogP contribution in [0.5, 0.6) is 0 Å². The summed E-state index contributed by atoms with van der Waals surface area (Å²) in [6.45, 7) is 4.15. The van der Waals surface area contributed by atoms with Gasteiger partial charge < -0.3 is 5.32 Å². The van der Waals surface area contributed by atoms with Gasteiger partial charge in [-0.05, 0) is 43.4 Å². The smallest absolute Gasteiger partial charge is 0.264 e. The van der Waals surface area contributed by atoms with Gasteiger partial charge in [0.25, 0.3) is 5.91 Å². The van der Waals surface area contributed by atoms with E-state index in [-0.39, 0.29) is 11.7 Å². The number of amides is 1. The number of rotatable bonds is 7. The first-order valence-electron chi connectivity index (χ1n) is 6.81. The highest BCUT2D eigenvalue weighted by Gasteiger charge is 2.15. The molecule has 1 N–H and O–H groups in total. The van der Waals surface area contributed by atoms with E-state index in [0.717, 1.165) is 46.2 Å². The van der Waals surface area contributed by atoms with Gasteiger partial charge in [0, 0.05) is 11.4 Å². The summed E-state index contributed by atoms with van der Waals surface area (Å²) in [5.74, 6) is -0.0352. The molecule has 21 heavy (non-hydrogen) atoms. The second-order valence-electron chi connectivity index (χ2n) is 4.63. The molecule has 0 spiro atoms. The molecule has 0 aromatic carbocycles. The van der Waals surface area contributed by atoms with Crippen molar-refractivity contribution in [2.24, 2.45) is 0 Å². The third kappa shape index (κ3) is 4.18. The second kappa shape index (κ2) is 7.42. The van der Waals surface area contributed by atoms with Gasteiger partial charge in [0.2, 0.25) is 0 Å². The molecule has 2 rings (SSSR count). The topological polar surface area (TPSA) is 72.0 Å². The number of aryl methyl sites for hydroxylation is 1. The first-order valence-corrected chi connectivity index (χ1v) is 8.40. The zero-order valence-corrected chi connectivity index (χ0v) is 13.6. The Balaban J connectivity index is 1.86. The van der Waals surface area contributed by atoms with Crippen LogP contribution in [0.2, 0.25) is 0 Å². The maximum Gasteiger partial charge on any atom is 0.264 e. The Hall–Kier alpha value is -1.60. The van der Waals surface area contributed by atoms with Crippen LogP contribution in [0.4, 0.5) is 0 Å². The predicted molar refractivity (Wildman–Crippen MR) is 84.3 cm³/mol. The summed E-state index contributed by atoms with van der Waals surface area (Å²) in [6.07, 6.45) is 2.43. The third-order valence-corrected chi connectivity index (χ3v) is 4.93. The van der Waals surface area contributed by atoms with Gasteiger partial charge in [0.05, 0.1) is 10.6 Å². The van der Waals surface area contributed by atoms with Crippen molar-refractivity contribution in [3.05, 3.63) is 32.5 Å². The summed E-state index contributed by atoms with van der Waals surface area (Å²) in [6, 6.07) is 3.76. The van der Waals surface area contributed by atoms with E-state index in [1.54, 1.807) is 6.92 Å². The van der Waals surface area contributed by atoms with Gasteiger partial charge in [-0.25, -0.2) is 0 Å². The van der Waals surface area contributed by atoms with Crippen LogP contribution in [0.1, 0.15) is 50.2 Å². The van der Waals surface area contributed by atoms with Gasteiger partial charge in [-0.3, -0.25) is 9.59 Å². The summed E-state index contributed by atoms with van der Waals surface area (Å²) in [4.78, 5) is 25.8. The Kier molecular flexibility index (Phi) is 5.58. The van der Waals surface area contributed by atoms with Crippen LogP contribution in [-0.4, -0.2) is 27.8 Å². The molecule has 0 fully saturated rings. The van der Waals surface area contributed by atoms with Gasteiger partial charge in [-0.1, -0.05) is 17.8 Å². The molecule has 0 aliphatic rings. The van der Waals surface area contributed by atoms with Crippen molar-refractivity contribution in [3.8, 4) is 0 Å². The highest BCUT2D eigenvalue weighted by atomic mass is 32.1. The van der Waals surface area contributed by atoms with Crippen LogP contribution in [0.15, 0.2) is 12.1 Å². The Labute approximate surface area is 131 Å². The molecule has 7 heteroatoms. The highest BCUT2D eigenvalue weighted by molar-refractivity contribution is 7.14. The van der Waals surface area contributed by atoms with Crippen molar-refractivity contribution in [1.29, 1.82) is 0 Å². The number of carbonyl (C=O) groups is 2. The van der Waals surface area contributed by atoms with Gasteiger partial charge >= 0.3 is 0 Å². The minimum atomic E-state index is -0.114. The Morgan fingerprint density at radius 1 is 1.29 bits per heavy atom. The van der Waals surface area contributed by atoms with E-state index in [0.29, 0.717) is 11.4 Å². The molecule has 0 aliphatic heterocycles. The molecule has 1 amide bonds. The number of thiophene rings is 1. The molecular formula is C14H17N3O2S2. The zero-order chi connectivity index (χ0) is 15.2. The summed E-state index contributed by atoms with van der Waals surface area (Å²) in [5.41, 5.74) is 0.773. The molecule has 0 saturated heterocycles. The first-order chi connectivity index (χ1) is 10.1. The number of ketones is 1. The lowest BCUT2D eigenvalue weighted by molar-refractivity contribution is 0.0956. The maximum absolute atomic E-state index is 12.1. The normalized spacial score (nSPS) is 10.6. The van der Waals surface area contributed by atoms with Crippen LogP contribution in [-0.2, 0) is 12.8 Å². The van der Waals surface area contributed by atoms with Crippen molar-refractivity contribution in [2.45, 2.75) is 33.1 Å². The Morgan fingerprint density at radius 2 is 2.10 bits per heavy atom. The fourth-order valence-corrected chi connectivity index (χ4v) is 3.39. The number of hydrogen-bond acceptors (Lipinski definition) is 6. The van der Waals surface area contributed by atoms with E-state index in [1.807, 2.05) is 19.1 Å². The van der Waals surface area contributed by atoms with E-state index in [9.17, 15) is 9.59 Å². The number of nitrogens with zero attached hydrogens (tertiary/aromatic N) is 2. The summed E-state index contributed by atoms with van der Waals surface area (Å²) < 4.78 is 3.85. The quantitative estimate of drug-likeness (QED) is 0.795. The van der Waals surface area contributed by atoms with Crippen molar-refractivity contribution < 1.29 is 9.59 Å². The lowest BCUT2D eigenvalue weighted by Crippen LogP contribution is -2.25. The van der Waals surface area contributed by atoms with E-state index < -0.39 is 0 Å². The van der Waals surface area contributed by atoms with Crippen molar-refractivity contribution >= 4 is 34.6 Å². The van der Waals surface area contributed by atoms with E-state index in [2.05, 4.69) is 14.9 Å². The standard InChI is InChI=1S/C14H17N3O2S2/c1-3-4-11-13(21-17-16-11)14(19)15-8-7-10-5-6-12(20-10)9(2)18/h5-6H,3-4,7-8H2,1-2H3,(H,15,19). The minimum Gasteiger partial charge on any atom is -0.351 e. The van der Waals surface area contributed by atoms with Crippen LogP contribution < -0.4 is 5.32 Å². The van der Waals surface area contributed by atoms with Crippen molar-refractivity contribution in [2.75, 3.05) is 6.54 Å². The fraction of sp³-hybridized carbons (Fsp3) is 0.429. The van der Waals surface area contributed by atoms with Gasteiger partial charge in [0.15, 0.2) is 5.78 Å². The molecule has 0 atom stereocenters. The average Bonchev–Trinajstić information content (AvgIpc) is 3.08. The third-order valence-electron chi connectivity index (χ3n) is 2.91. The number of aromatic nitrogens is 2. The SMILES string of the molecule is CCCc1nnsc1C(=O)NCCc1ccc(C(C)=O)s1. The Morgan fingerprint density at radius 3 is 2.76 bits per heavy atom. The summed E-state index contributed by atoms with van der Waals surface area (Å²) in [5, 5.41) is 6.87. The second-order valence-corrected chi connectivity index (χ2v) is 6.55. The monoisotopic (exact) mass is 323 g/mol. The highest BCUT2D eigenvalue weighted by Crippen LogP contribution is 2.17. The Bertz CT molecular complexity index is 634. The summed E-state index contributed by atoms with van der Waals surface area (Å²) in [7, 11) is 0. The molecule has 2 aromatic heterocycles. The first kappa shape index (κ1) is 15.8. The van der Waals surface area contributed by atoms with Crippen molar-refractivity contribution in [3.63, 3.8) is 0 Å². The number of nitrogens with one attached hydrogen (secondary N) is 1. The molecule has 0 bridgehead atoms. The zero-order valence-electron chi connectivity index (χ0n) is 12.0. The minimum absolute atomic E-state index is 0.0789. The summed E-state index contributed by atoms with van der Waals surface area (Å²) >= 11 is 2.62. The fourth-order valence-electron chi connectivity index (χ4n) is 1.86. The van der Waals surface area contributed by atoms with Gasteiger partial charge in [0.1, 0.15) is 4.88 Å². The van der Waals surface area contributed by atoms with E-state index >= 15 is 0 Å². The van der Waals surface area contributed by atoms with Crippen LogP contribution >= 0.6 is 22.9 Å². The van der Waals surface area contributed by atoms with Gasteiger partial charge in [-0.15, -0.1) is 16.4 Å². The van der Waals surface area contributed by atoms with Crippen LogP contribution in [0, 0.1) is 0 Å². The molecule has 2 heterocycles. The largest absolute Gasteiger partial charge is 0.351 e. The molecule has 5 nitrogen and oxygen atoms in total. The van der Waals surface area contributed by atoms with Crippen LogP contribution in [0.25, 0.3) is 0 Å². The molecule has 0 aliphatic carbocycles. The van der Waals surface area contributed by atoms with Crippen LogP contribution in [0.3, 0.4) is 0 Å². The average molecular weight is 323 g/mol. The molecule has 0 radical (unpaired) electrons. The van der Waals surface area contributed by atoms with E-state index in [1.165, 1.54) is 11.3 Å². The molecule has 2 aromatic rings. The number of carbonyl (C=O) groups excluding carboxylic acids is 2. The lowest BCUT2D eigenvalue weighted by Gasteiger charge is -2.03. The van der Waals surface area contributed by atoms with Crippen molar-refractivity contribution in [1.82, 2.24) is 14.9 Å². The molecule has 0 saturated carbocycles. The maximum atomic E-state index is 12.1. The number of Topliss-reactive ketones (excluding diaryl/α,β-unsaturated/α-hetero) is 1. The number of hydrogen-bond donors (Lipinski definition) is 1. The lowest BCUT2D eigenvalue weighted by atomic mass is 10.2.